The Morgan fingerprint density at radius 3 is 2.32 bits per heavy atom. The van der Waals surface area contributed by atoms with Crippen molar-refractivity contribution < 1.29 is 9.84 Å². The molecule has 2 aromatic rings. The number of methoxy groups -OCH3 is 1. The van der Waals surface area contributed by atoms with Gasteiger partial charge in [0.25, 0.3) is 0 Å². The van der Waals surface area contributed by atoms with Crippen LogP contribution in [0.3, 0.4) is 0 Å². The molecule has 0 bridgehead atoms. The zero-order chi connectivity index (χ0) is 17.5. The van der Waals surface area contributed by atoms with Crippen LogP contribution in [0.5, 0.6) is 5.75 Å². The Morgan fingerprint density at radius 2 is 1.76 bits per heavy atom. The number of benzene rings is 2. The average molecular weight is 385 g/mol. The first kappa shape index (κ1) is 21.4. The van der Waals surface area contributed by atoms with Crippen LogP contribution in [-0.2, 0) is 0 Å². The van der Waals surface area contributed by atoms with Gasteiger partial charge in [0.1, 0.15) is 5.75 Å². The van der Waals surface area contributed by atoms with Crippen molar-refractivity contribution in [2.24, 2.45) is 0 Å². The first-order valence-corrected chi connectivity index (χ1v) is 8.57. The quantitative estimate of drug-likeness (QED) is 0.688. The van der Waals surface area contributed by atoms with Gasteiger partial charge in [0.2, 0.25) is 0 Å². The van der Waals surface area contributed by atoms with Gasteiger partial charge in [0, 0.05) is 41.6 Å². The zero-order valence-corrected chi connectivity index (χ0v) is 16.4. The summed E-state index contributed by atoms with van der Waals surface area (Å²) in [5.74, 6) is 0.630. The third kappa shape index (κ3) is 5.70. The smallest absolute Gasteiger partial charge is 0.124 e. The van der Waals surface area contributed by atoms with Gasteiger partial charge >= 0.3 is 0 Å². The molecule has 1 unspecified atom stereocenters. The molecule has 0 saturated carbocycles. The minimum Gasteiger partial charge on any atom is -0.496 e. The molecule has 0 saturated heterocycles. The third-order valence-electron chi connectivity index (χ3n) is 4.05. The maximum Gasteiger partial charge on any atom is 0.124 e. The monoisotopic (exact) mass is 384 g/mol. The van der Waals surface area contributed by atoms with Crippen LogP contribution in [0, 0.1) is 0 Å². The Morgan fingerprint density at radius 1 is 1.12 bits per heavy atom. The summed E-state index contributed by atoms with van der Waals surface area (Å²) >= 11 is 6.02. The van der Waals surface area contributed by atoms with E-state index < -0.39 is 6.10 Å². The van der Waals surface area contributed by atoms with Crippen molar-refractivity contribution in [3.63, 3.8) is 0 Å². The molecule has 2 N–H and O–H groups in total. The number of nitrogens with zero attached hydrogens (tertiary/aromatic N) is 1. The fourth-order valence-corrected chi connectivity index (χ4v) is 2.85. The summed E-state index contributed by atoms with van der Waals surface area (Å²) in [5.41, 5.74) is 2.84. The number of anilines is 2. The second-order valence-corrected chi connectivity index (χ2v) is 5.94. The molecule has 6 heteroatoms. The number of hydrogen-bond donors (Lipinski definition) is 2. The fraction of sp³-hybridized carbons (Fsp3) is 0.368. The van der Waals surface area contributed by atoms with Crippen molar-refractivity contribution in [2.75, 3.05) is 37.0 Å². The summed E-state index contributed by atoms with van der Waals surface area (Å²) in [4.78, 5) is 2.29. The highest BCUT2D eigenvalue weighted by molar-refractivity contribution is 6.30. The molecule has 0 aliphatic carbocycles. The van der Waals surface area contributed by atoms with E-state index in [0.717, 1.165) is 18.8 Å². The molecular formula is C19H26Cl2N2O2. The Hall–Kier alpha value is -1.62. The van der Waals surface area contributed by atoms with Crippen LogP contribution in [0.15, 0.2) is 42.5 Å². The Kier molecular flexibility index (Phi) is 8.90. The summed E-state index contributed by atoms with van der Waals surface area (Å²) in [6.07, 6.45) is -0.707. The molecule has 0 fully saturated rings. The van der Waals surface area contributed by atoms with Crippen LogP contribution in [0.25, 0.3) is 0 Å². The highest BCUT2D eigenvalue weighted by Crippen LogP contribution is 2.28. The molecule has 1 atom stereocenters. The third-order valence-corrected chi connectivity index (χ3v) is 4.28. The predicted molar refractivity (Wildman–Crippen MR) is 109 cm³/mol. The predicted octanol–water partition coefficient (Wildman–Crippen LogP) is 4.76. The molecule has 25 heavy (non-hydrogen) atoms. The van der Waals surface area contributed by atoms with Crippen molar-refractivity contribution in [1.82, 2.24) is 0 Å². The lowest BCUT2D eigenvalue weighted by Crippen LogP contribution is -2.21. The summed E-state index contributed by atoms with van der Waals surface area (Å²) in [6.45, 7) is 6.63. The number of rotatable bonds is 8. The van der Waals surface area contributed by atoms with Crippen molar-refractivity contribution in [3.8, 4) is 5.75 Å². The van der Waals surface area contributed by atoms with Gasteiger partial charge in [-0.15, -0.1) is 12.4 Å². The second kappa shape index (κ2) is 10.4. The minimum atomic E-state index is -0.707. The molecule has 0 aromatic heterocycles. The van der Waals surface area contributed by atoms with Gasteiger partial charge in [-0.3, -0.25) is 0 Å². The lowest BCUT2D eigenvalue weighted by Gasteiger charge is -2.21. The number of hydrogen-bond acceptors (Lipinski definition) is 4. The second-order valence-electron chi connectivity index (χ2n) is 5.50. The Balaban J connectivity index is 0.00000312. The molecule has 0 aliphatic rings. The number of aliphatic hydroxyl groups is 1. The minimum absolute atomic E-state index is 0. The molecule has 0 aliphatic heterocycles. The van der Waals surface area contributed by atoms with Crippen LogP contribution in [0.4, 0.5) is 11.4 Å². The van der Waals surface area contributed by atoms with E-state index in [1.54, 1.807) is 25.3 Å². The standard InChI is InChI=1S/C19H25ClN2O2.ClH/c1-4-22(5-2)16-9-7-15(8-10-16)21-13-18(23)17-12-14(20)6-11-19(17)24-3;/h6-12,18,21,23H,4-5,13H2,1-3H3;1H. The SMILES string of the molecule is CCN(CC)c1ccc(NCC(O)c2cc(Cl)ccc2OC)cc1.Cl. The van der Waals surface area contributed by atoms with Crippen LogP contribution in [0.1, 0.15) is 25.5 Å². The first-order chi connectivity index (χ1) is 11.6. The normalized spacial score (nSPS) is 11.4. The van der Waals surface area contributed by atoms with Gasteiger partial charge in [0.05, 0.1) is 13.2 Å². The van der Waals surface area contributed by atoms with Crippen molar-refractivity contribution in [1.29, 1.82) is 0 Å². The van der Waals surface area contributed by atoms with Crippen molar-refractivity contribution >= 4 is 35.4 Å². The first-order valence-electron chi connectivity index (χ1n) is 8.19. The molecule has 0 heterocycles. The van der Waals surface area contributed by atoms with Gasteiger partial charge in [-0.05, 0) is 56.3 Å². The van der Waals surface area contributed by atoms with Gasteiger partial charge in [-0.1, -0.05) is 11.6 Å². The van der Waals surface area contributed by atoms with Crippen LogP contribution in [0.2, 0.25) is 5.02 Å². The average Bonchev–Trinajstić information content (AvgIpc) is 2.61. The van der Waals surface area contributed by atoms with Gasteiger partial charge in [0.15, 0.2) is 0 Å². The van der Waals surface area contributed by atoms with Gasteiger partial charge < -0.3 is 20.1 Å². The topological polar surface area (TPSA) is 44.7 Å². The summed E-state index contributed by atoms with van der Waals surface area (Å²) in [6, 6.07) is 13.5. The van der Waals surface area contributed by atoms with Crippen LogP contribution < -0.4 is 15.0 Å². The fourth-order valence-electron chi connectivity index (χ4n) is 2.67. The molecule has 2 rings (SSSR count). The number of nitrogens with one attached hydrogen (secondary N) is 1. The van der Waals surface area contributed by atoms with E-state index in [4.69, 9.17) is 16.3 Å². The summed E-state index contributed by atoms with van der Waals surface area (Å²) in [7, 11) is 1.58. The molecule has 138 valence electrons. The van der Waals surface area contributed by atoms with Gasteiger partial charge in [-0.2, -0.15) is 0 Å². The maximum absolute atomic E-state index is 10.4. The van der Waals surface area contributed by atoms with E-state index in [1.165, 1.54) is 5.69 Å². The molecule has 0 radical (unpaired) electrons. The number of halogens is 2. The Bertz CT molecular complexity index is 646. The highest BCUT2D eigenvalue weighted by Gasteiger charge is 2.14. The molecular weight excluding hydrogens is 359 g/mol. The van der Waals surface area contributed by atoms with Crippen molar-refractivity contribution in [2.45, 2.75) is 20.0 Å². The number of aliphatic hydroxyl groups excluding tert-OH is 1. The van der Waals surface area contributed by atoms with Crippen molar-refractivity contribution in [3.05, 3.63) is 53.1 Å². The number of ether oxygens (including phenoxy) is 1. The zero-order valence-electron chi connectivity index (χ0n) is 14.8. The lowest BCUT2D eigenvalue weighted by atomic mass is 10.1. The molecule has 0 spiro atoms. The lowest BCUT2D eigenvalue weighted by molar-refractivity contribution is 0.187. The summed E-state index contributed by atoms with van der Waals surface area (Å²) in [5, 5.41) is 14.3. The maximum atomic E-state index is 10.4. The Labute approximate surface area is 161 Å². The van der Waals surface area contributed by atoms with E-state index in [2.05, 4.69) is 36.2 Å². The van der Waals surface area contributed by atoms with Crippen LogP contribution >= 0.6 is 24.0 Å². The van der Waals surface area contributed by atoms with E-state index in [9.17, 15) is 5.11 Å². The van der Waals surface area contributed by atoms with E-state index in [1.807, 2.05) is 12.1 Å². The molecule has 2 aromatic carbocycles. The van der Waals surface area contributed by atoms with E-state index >= 15 is 0 Å². The largest absolute Gasteiger partial charge is 0.496 e. The summed E-state index contributed by atoms with van der Waals surface area (Å²) < 4.78 is 5.29. The highest BCUT2D eigenvalue weighted by atomic mass is 35.5. The van der Waals surface area contributed by atoms with Crippen LogP contribution in [-0.4, -0.2) is 31.9 Å². The molecule has 0 amide bonds. The van der Waals surface area contributed by atoms with E-state index in [0.29, 0.717) is 22.9 Å². The van der Waals surface area contributed by atoms with E-state index in [-0.39, 0.29) is 12.4 Å². The van der Waals surface area contributed by atoms with Gasteiger partial charge in [-0.25, -0.2) is 0 Å². The molecule has 4 nitrogen and oxygen atoms in total.